The Kier molecular flexibility index (Phi) is 6.12. The zero-order valence-electron chi connectivity index (χ0n) is 7.82. The summed E-state index contributed by atoms with van der Waals surface area (Å²) in [6.07, 6.45) is 3.34. The van der Waals surface area contributed by atoms with Crippen molar-refractivity contribution in [1.29, 1.82) is 0 Å². The van der Waals surface area contributed by atoms with Crippen LogP contribution in [0.15, 0.2) is 9.98 Å². The minimum atomic E-state index is -0.831. The molecule has 0 aromatic heterocycles. The molecule has 2 radical (unpaired) electrons. The fourth-order valence-electron chi connectivity index (χ4n) is 0.876. The highest BCUT2D eigenvalue weighted by atomic mass is 16.1. The van der Waals surface area contributed by atoms with Crippen LogP contribution in [0, 0.1) is 13.0 Å². The summed E-state index contributed by atoms with van der Waals surface area (Å²) in [6, 6.07) is -0.848. The van der Waals surface area contributed by atoms with E-state index in [1.165, 1.54) is 19.1 Å². The van der Waals surface area contributed by atoms with Gasteiger partial charge in [-0.1, -0.05) is 13.3 Å². The van der Waals surface area contributed by atoms with Crippen LogP contribution in [-0.2, 0) is 14.4 Å². The predicted octanol–water partition coefficient (Wildman–Crippen LogP) is 0.762. The van der Waals surface area contributed by atoms with Crippen molar-refractivity contribution in [3.05, 3.63) is 13.0 Å². The molecule has 0 fully saturated rings. The molecular weight excluding hydrogens is 184 g/mol. The fourth-order valence-corrected chi connectivity index (χ4v) is 0.876. The molecule has 14 heavy (non-hydrogen) atoms. The monoisotopic (exact) mass is 194 g/mol. The molecule has 0 bridgehead atoms. The molecule has 1 atom stereocenters. The molecule has 0 aromatic carbocycles. The van der Waals surface area contributed by atoms with E-state index in [2.05, 4.69) is 16.9 Å². The first-order chi connectivity index (χ1) is 6.67. The highest BCUT2D eigenvalue weighted by molar-refractivity contribution is 5.96. The second-order valence-electron chi connectivity index (χ2n) is 2.53. The zero-order valence-corrected chi connectivity index (χ0v) is 7.82. The Bertz CT molecular complexity index is 288. The molecule has 0 aromatic rings. The van der Waals surface area contributed by atoms with Crippen LogP contribution < -0.4 is 0 Å². The number of rotatable bonds is 6. The summed E-state index contributed by atoms with van der Waals surface area (Å²) in [5.74, 6) is -0.472. The Labute approximate surface area is 81.9 Å². The Morgan fingerprint density at radius 1 is 1.43 bits per heavy atom. The van der Waals surface area contributed by atoms with Gasteiger partial charge in [0.25, 0.3) is 0 Å². The second-order valence-corrected chi connectivity index (χ2v) is 2.53. The fraction of sp³-hybridized carbons (Fsp3) is 0.444. The van der Waals surface area contributed by atoms with Gasteiger partial charge in [0.1, 0.15) is 6.04 Å². The maximum Gasteiger partial charge on any atom is 0.236 e. The molecule has 0 aliphatic heterocycles. The van der Waals surface area contributed by atoms with E-state index >= 15 is 0 Å². The summed E-state index contributed by atoms with van der Waals surface area (Å²) in [6.45, 7) is 4.90. The van der Waals surface area contributed by atoms with Gasteiger partial charge in [-0.15, -0.1) is 0 Å². The molecule has 0 aliphatic rings. The van der Waals surface area contributed by atoms with E-state index in [9.17, 15) is 14.4 Å². The van der Waals surface area contributed by atoms with Gasteiger partial charge in [0.2, 0.25) is 12.2 Å². The summed E-state index contributed by atoms with van der Waals surface area (Å²) < 4.78 is 0. The van der Waals surface area contributed by atoms with Gasteiger partial charge < -0.3 is 0 Å². The number of isocyanates is 2. The van der Waals surface area contributed by atoms with Gasteiger partial charge in [-0.25, -0.2) is 9.59 Å². The zero-order chi connectivity index (χ0) is 11.0. The number of hydrogen-bond acceptors (Lipinski definition) is 5. The highest BCUT2D eigenvalue weighted by Gasteiger charge is 2.23. The second kappa shape index (κ2) is 6.89. The molecule has 0 amide bonds. The van der Waals surface area contributed by atoms with Gasteiger partial charge in [-0.3, -0.25) is 4.79 Å². The summed E-state index contributed by atoms with van der Waals surface area (Å²) in [5.41, 5.74) is 0. The van der Waals surface area contributed by atoms with Crippen LogP contribution in [0.5, 0.6) is 0 Å². The average Bonchev–Trinajstić information content (AvgIpc) is 2.17. The van der Waals surface area contributed by atoms with E-state index in [0.29, 0.717) is 12.8 Å². The van der Waals surface area contributed by atoms with Crippen molar-refractivity contribution in [3.8, 4) is 0 Å². The molecule has 0 spiro atoms. The minimum absolute atomic E-state index is 0.0162. The van der Waals surface area contributed by atoms with Crippen LogP contribution in [0.25, 0.3) is 0 Å². The lowest BCUT2D eigenvalue weighted by Gasteiger charge is -2.08. The minimum Gasteiger partial charge on any atom is -0.294 e. The lowest BCUT2D eigenvalue weighted by atomic mass is 10.0. The van der Waals surface area contributed by atoms with Gasteiger partial charge in [0.15, 0.2) is 11.8 Å². The molecule has 0 rings (SSSR count). The van der Waals surface area contributed by atoms with Crippen molar-refractivity contribution in [2.24, 2.45) is 9.98 Å². The standard InChI is InChI=1S/C9H10N2O3/c1-3-4-8(11-6-13)9(14)7(2)10-5-12/h8H,1,3-4H2,2H3. The van der Waals surface area contributed by atoms with E-state index in [1.54, 1.807) is 0 Å². The summed E-state index contributed by atoms with van der Waals surface area (Å²) in [7, 11) is 0. The first-order valence-corrected chi connectivity index (χ1v) is 3.99. The quantitative estimate of drug-likeness (QED) is 0.462. The van der Waals surface area contributed by atoms with Crippen LogP contribution in [0.4, 0.5) is 0 Å². The molecular formula is C9H10N2O3. The molecule has 5 nitrogen and oxygen atoms in total. The smallest absolute Gasteiger partial charge is 0.236 e. The topological polar surface area (TPSA) is 75.9 Å². The van der Waals surface area contributed by atoms with Crippen molar-refractivity contribution in [1.82, 2.24) is 0 Å². The first kappa shape index (κ1) is 12.4. The third-order valence-electron chi connectivity index (χ3n) is 1.56. The third-order valence-corrected chi connectivity index (χ3v) is 1.56. The highest BCUT2D eigenvalue weighted by Crippen LogP contribution is 2.11. The summed E-state index contributed by atoms with van der Waals surface area (Å²) in [4.78, 5) is 37.7. The molecule has 0 aliphatic carbocycles. The number of ketones is 1. The largest absolute Gasteiger partial charge is 0.294 e. The van der Waals surface area contributed by atoms with E-state index in [-0.39, 0.29) is 6.04 Å². The predicted molar refractivity (Wildman–Crippen MR) is 48.5 cm³/mol. The maximum atomic E-state index is 11.4. The van der Waals surface area contributed by atoms with Crippen molar-refractivity contribution in [2.45, 2.75) is 25.8 Å². The lowest BCUT2D eigenvalue weighted by molar-refractivity contribution is -0.118. The number of Topliss-reactive ketones (excluding diaryl/α,β-unsaturated/α-hetero) is 1. The molecule has 5 heteroatoms. The molecule has 1 unspecified atom stereocenters. The molecule has 0 saturated carbocycles. The van der Waals surface area contributed by atoms with Gasteiger partial charge >= 0.3 is 0 Å². The van der Waals surface area contributed by atoms with Gasteiger partial charge in [-0.2, -0.15) is 9.98 Å². The maximum absolute atomic E-state index is 11.4. The van der Waals surface area contributed by atoms with Crippen molar-refractivity contribution >= 4 is 17.9 Å². The van der Waals surface area contributed by atoms with Crippen molar-refractivity contribution < 1.29 is 14.4 Å². The molecule has 0 heterocycles. The molecule has 74 valence electrons. The Morgan fingerprint density at radius 3 is 2.50 bits per heavy atom. The number of aliphatic imine (C=N–C) groups is 2. The van der Waals surface area contributed by atoms with E-state index in [1.807, 2.05) is 0 Å². The van der Waals surface area contributed by atoms with Gasteiger partial charge in [0.05, 0.1) is 0 Å². The molecule has 0 saturated heterocycles. The number of nitrogens with zero attached hydrogens (tertiary/aromatic N) is 2. The third kappa shape index (κ3) is 3.90. The lowest BCUT2D eigenvalue weighted by Crippen LogP contribution is -2.22. The van der Waals surface area contributed by atoms with Gasteiger partial charge in [-0.05, 0) is 13.3 Å². The SMILES string of the molecule is [CH2]CCC(N=C=O)C(=O)[C](C)N=C=O. The Hall–Kier alpha value is -1.57. The summed E-state index contributed by atoms with van der Waals surface area (Å²) in [5, 5.41) is 0. The van der Waals surface area contributed by atoms with E-state index in [4.69, 9.17) is 0 Å². The number of carbonyl (C=O) groups excluding carboxylic acids is 3. The summed E-state index contributed by atoms with van der Waals surface area (Å²) >= 11 is 0. The number of carbonyl (C=O) groups is 1. The first-order valence-electron chi connectivity index (χ1n) is 3.99. The van der Waals surface area contributed by atoms with Crippen LogP contribution in [0.1, 0.15) is 19.8 Å². The van der Waals surface area contributed by atoms with Gasteiger partial charge in [0, 0.05) is 0 Å². The van der Waals surface area contributed by atoms with E-state index < -0.39 is 11.8 Å². The van der Waals surface area contributed by atoms with Crippen LogP contribution in [-0.4, -0.2) is 24.0 Å². The van der Waals surface area contributed by atoms with Crippen LogP contribution in [0.2, 0.25) is 0 Å². The van der Waals surface area contributed by atoms with Crippen LogP contribution >= 0.6 is 0 Å². The Morgan fingerprint density at radius 2 is 2.07 bits per heavy atom. The average molecular weight is 194 g/mol. The van der Waals surface area contributed by atoms with Crippen molar-refractivity contribution in [2.75, 3.05) is 0 Å². The number of hydrogen-bond donors (Lipinski definition) is 0. The molecule has 0 N–H and O–H groups in total. The van der Waals surface area contributed by atoms with E-state index in [0.717, 1.165) is 0 Å². The Balaban J connectivity index is 4.57. The normalized spacial score (nSPS) is 11.4. The van der Waals surface area contributed by atoms with Crippen molar-refractivity contribution in [3.63, 3.8) is 0 Å². The van der Waals surface area contributed by atoms with Crippen LogP contribution in [0.3, 0.4) is 0 Å².